The van der Waals surface area contributed by atoms with Crippen LogP contribution in [0.4, 0.5) is 13.2 Å². The molecule has 10 heteroatoms. The van der Waals surface area contributed by atoms with Gasteiger partial charge in [0.2, 0.25) is 5.91 Å². The highest BCUT2D eigenvalue weighted by Gasteiger charge is 2.37. The fraction of sp³-hybridized carbons (Fsp3) is 0.767. The molecule has 2 aliphatic heterocycles. The van der Waals surface area contributed by atoms with Crippen LogP contribution in [-0.4, -0.2) is 73.3 Å². The van der Waals surface area contributed by atoms with E-state index >= 15 is 0 Å². The van der Waals surface area contributed by atoms with E-state index in [-0.39, 0.29) is 12.5 Å². The van der Waals surface area contributed by atoms with Crippen molar-refractivity contribution in [2.75, 3.05) is 39.3 Å². The van der Waals surface area contributed by atoms with Crippen LogP contribution in [0.3, 0.4) is 0 Å². The number of hydrogen-bond acceptors (Lipinski definition) is 4. The molecule has 0 aromatic rings. The van der Waals surface area contributed by atoms with Gasteiger partial charge in [0.1, 0.15) is 5.57 Å². The van der Waals surface area contributed by atoms with Crippen molar-refractivity contribution in [2.24, 2.45) is 21.6 Å². The van der Waals surface area contributed by atoms with E-state index in [1.165, 1.54) is 26.1 Å². The van der Waals surface area contributed by atoms with E-state index in [1.54, 1.807) is 4.90 Å². The number of piperidine rings is 1. The van der Waals surface area contributed by atoms with E-state index < -0.39 is 17.6 Å². The number of nitrogens with two attached hydrogens (primary N) is 1. The monoisotopic (exact) mass is 574 g/mol. The number of rotatable bonds is 10. The third-order valence-electron chi connectivity index (χ3n) is 6.20. The van der Waals surface area contributed by atoms with Gasteiger partial charge in [0.05, 0.1) is 6.34 Å². The zero-order valence-electron chi connectivity index (χ0n) is 26.4. The quantitative estimate of drug-likeness (QED) is 0.169. The minimum Gasteiger partial charge on any atom is -0.390 e. The second-order valence-electron chi connectivity index (χ2n) is 9.15. The number of alkyl halides is 3. The van der Waals surface area contributed by atoms with Gasteiger partial charge in [-0.05, 0) is 57.5 Å². The Bertz CT molecular complexity index is 778. The fourth-order valence-electron chi connectivity index (χ4n) is 4.11. The maximum atomic E-state index is 13.5. The Morgan fingerprint density at radius 3 is 2.25 bits per heavy atom. The molecule has 2 rings (SSSR count). The van der Waals surface area contributed by atoms with Crippen LogP contribution in [-0.2, 0) is 4.79 Å². The van der Waals surface area contributed by atoms with Crippen molar-refractivity contribution in [1.29, 1.82) is 0 Å². The van der Waals surface area contributed by atoms with Crippen molar-refractivity contribution in [3.63, 3.8) is 0 Å². The van der Waals surface area contributed by atoms with Crippen molar-refractivity contribution in [2.45, 2.75) is 107 Å². The first-order valence-electron chi connectivity index (χ1n) is 15.2. The zero-order chi connectivity index (χ0) is 31.0. The molecule has 0 bridgehead atoms. The number of nitrogens with zero attached hydrogens (tertiary/aromatic N) is 4. The maximum absolute atomic E-state index is 13.5. The van der Waals surface area contributed by atoms with Gasteiger partial charge < -0.3 is 20.9 Å². The molecular weight excluding hydrogens is 517 g/mol. The first-order chi connectivity index (χ1) is 19.2. The lowest BCUT2D eigenvalue weighted by Crippen LogP contribution is -2.36. The zero-order valence-corrected chi connectivity index (χ0v) is 26.4. The molecule has 1 atom stereocenters. The topological polar surface area (TPSA) is 86.3 Å². The minimum atomic E-state index is -4.63. The van der Waals surface area contributed by atoms with Gasteiger partial charge >= 0.3 is 6.18 Å². The molecule has 0 aromatic heterocycles. The molecule has 2 saturated heterocycles. The Labute approximate surface area is 242 Å². The Hall–Kier alpha value is -2.36. The molecule has 7 nitrogen and oxygen atoms in total. The largest absolute Gasteiger partial charge is 0.421 e. The molecule has 0 radical (unpaired) electrons. The van der Waals surface area contributed by atoms with Crippen LogP contribution >= 0.6 is 0 Å². The number of hydrogen-bond donors (Lipinski definition) is 2. The van der Waals surface area contributed by atoms with Gasteiger partial charge in [-0.2, -0.15) is 13.2 Å². The summed E-state index contributed by atoms with van der Waals surface area (Å²) in [5.41, 5.74) is 4.92. The molecule has 1 amide bonds. The van der Waals surface area contributed by atoms with Crippen LogP contribution in [0.15, 0.2) is 33.5 Å². The normalized spacial score (nSPS) is 18.9. The first-order valence-corrected chi connectivity index (χ1v) is 15.2. The Kier molecular flexibility index (Phi) is 24.3. The van der Waals surface area contributed by atoms with Gasteiger partial charge in [0.15, 0.2) is 5.84 Å². The van der Waals surface area contributed by atoms with Crippen LogP contribution in [0.1, 0.15) is 100 Å². The van der Waals surface area contributed by atoms with E-state index in [9.17, 15) is 18.0 Å². The summed E-state index contributed by atoms with van der Waals surface area (Å²) in [6.07, 6.45) is 4.41. The van der Waals surface area contributed by atoms with E-state index in [0.717, 1.165) is 31.3 Å². The number of amidine groups is 1. The Morgan fingerprint density at radius 1 is 1.12 bits per heavy atom. The fourth-order valence-corrected chi connectivity index (χ4v) is 4.11. The Balaban J connectivity index is 0. The highest BCUT2D eigenvalue weighted by molar-refractivity contribution is 6.03. The smallest absolute Gasteiger partial charge is 0.390 e. The molecule has 0 aromatic carbocycles. The van der Waals surface area contributed by atoms with E-state index in [1.807, 2.05) is 47.6 Å². The number of aliphatic imine (C=N–C) groups is 2. The van der Waals surface area contributed by atoms with E-state index in [4.69, 9.17) is 5.73 Å². The highest BCUT2D eigenvalue weighted by atomic mass is 19.4. The number of likely N-dealkylation sites (tertiary alicyclic amines) is 2. The summed E-state index contributed by atoms with van der Waals surface area (Å²) in [4.78, 5) is 23.6. The Morgan fingerprint density at radius 2 is 1.80 bits per heavy atom. The molecule has 1 unspecified atom stereocenters. The average molecular weight is 575 g/mol. The number of halogens is 3. The van der Waals surface area contributed by atoms with Crippen molar-refractivity contribution in [3.05, 3.63) is 23.5 Å². The van der Waals surface area contributed by atoms with Crippen molar-refractivity contribution in [3.8, 4) is 0 Å². The van der Waals surface area contributed by atoms with Gasteiger partial charge in [-0.3, -0.25) is 9.79 Å². The van der Waals surface area contributed by atoms with Crippen LogP contribution < -0.4 is 11.1 Å². The number of carbonyl (C=O) groups excluding carboxylic acids is 1. The number of allylic oxidation sites excluding steroid dienone is 2. The molecule has 0 aliphatic carbocycles. The average Bonchev–Trinajstić information content (AvgIpc) is 3.38. The maximum Gasteiger partial charge on any atom is 0.421 e. The number of nitrogens with one attached hydrogen (secondary N) is 1. The third-order valence-corrected chi connectivity index (χ3v) is 6.20. The van der Waals surface area contributed by atoms with Crippen molar-refractivity contribution in [1.82, 2.24) is 15.1 Å². The minimum absolute atomic E-state index is 0.0883. The summed E-state index contributed by atoms with van der Waals surface area (Å²) in [6.45, 7) is 21.5. The van der Waals surface area contributed by atoms with Crippen LogP contribution in [0.25, 0.3) is 0 Å². The first kappa shape index (κ1) is 39.8. The van der Waals surface area contributed by atoms with Gasteiger partial charge in [-0.1, -0.05) is 61.5 Å². The molecule has 40 heavy (non-hydrogen) atoms. The summed E-state index contributed by atoms with van der Waals surface area (Å²) in [5, 5.41) is 2.69. The summed E-state index contributed by atoms with van der Waals surface area (Å²) in [7, 11) is 0. The molecule has 3 N–H and O–H groups in total. The van der Waals surface area contributed by atoms with Gasteiger partial charge in [-0.25, -0.2) is 4.99 Å². The molecule has 0 saturated carbocycles. The van der Waals surface area contributed by atoms with Crippen LogP contribution in [0.2, 0.25) is 0 Å². The van der Waals surface area contributed by atoms with Gasteiger partial charge in [-0.15, -0.1) is 0 Å². The lowest BCUT2D eigenvalue weighted by atomic mass is 10.1. The summed E-state index contributed by atoms with van der Waals surface area (Å²) in [5.74, 6) is 0.569. The summed E-state index contributed by atoms with van der Waals surface area (Å²) < 4.78 is 40.5. The lowest BCUT2D eigenvalue weighted by molar-refractivity contribution is -0.133. The molecule has 0 spiro atoms. The predicted molar refractivity (Wildman–Crippen MR) is 165 cm³/mol. The molecule has 2 fully saturated rings. The second-order valence-corrected chi connectivity index (χ2v) is 9.15. The van der Waals surface area contributed by atoms with E-state index in [0.29, 0.717) is 44.5 Å². The highest BCUT2D eigenvalue weighted by Crippen LogP contribution is 2.27. The van der Waals surface area contributed by atoms with Gasteiger partial charge in [0.25, 0.3) is 0 Å². The van der Waals surface area contributed by atoms with Gasteiger partial charge in [0, 0.05) is 44.5 Å². The molecular formula is C30H57F3N6O. The summed E-state index contributed by atoms with van der Waals surface area (Å²) >= 11 is 0. The third kappa shape index (κ3) is 17.4. The van der Waals surface area contributed by atoms with Crippen LogP contribution in [0, 0.1) is 5.92 Å². The van der Waals surface area contributed by atoms with Crippen molar-refractivity contribution < 1.29 is 18.0 Å². The van der Waals surface area contributed by atoms with Crippen molar-refractivity contribution >= 4 is 18.1 Å². The number of amides is 1. The SMILES string of the molecule is CC.CC.CC/C=C(\CC)N/C=C(\C(N=CN)=NCCCN1CCCCC1=O)C(F)(F)F.CCN1CCC(C)C1. The summed E-state index contributed by atoms with van der Waals surface area (Å²) in [6, 6.07) is 0. The molecule has 234 valence electrons. The molecule has 2 heterocycles. The standard InChI is InChI=1S/C19H30F3N5O.C7H15N.2C2H6/c1-3-8-15(4-2)25-13-16(19(20,21)22)18(26-14-23)24-10-7-12-27-11-6-5-9-17(27)28;1-3-8-5-4-7(2)6-8;2*1-2/h8,13-14,25H,3-7,9-12H2,1-2H3,(H2,23,24,26);7H,3-6H2,1-2H3;2*1-2H3/b15-8+,16-13+;;;. The van der Waals surface area contributed by atoms with Crippen LogP contribution in [0.5, 0.6) is 0 Å². The predicted octanol–water partition coefficient (Wildman–Crippen LogP) is 6.91. The number of carbonyl (C=O) groups is 1. The second kappa shape index (κ2) is 24.4. The molecule has 2 aliphatic rings. The lowest BCUT2D eigenvalue weighted by Gasteiger charge is -2.26. The van der Waals surface area contributed by atoms with E-state index in [2.05, 4.69) is 34.0 Å².